The molecular formula is C14H19BrFNO2. The van der Waals surface area contributed by atoms with E-state index in [2.05, 4.69) is 15.9 Å². The summed E-state index contributed by atoms with van der Waals surface area (Å²) in [5.41, 5.74) is 6.64. The summed E-state index contributed by atoms with van der Waals surface area (Å²) in [6.45, 7) is 0.502. The van der Waals surface area contributed by atoms with Gasteiger partial charge in [-0.15, -0.1) is 0 Å². The Morgan fingerprint density at radius 2 is 1.84 bits per heavy atom. The van der Waals surface area contributed by atoms with Crippen molar-refractivity contribution in [2.45, 2.75) is 31.1 Å². The van der Waals surface area contributed by atoms with Gasteiger partial charge in [0.15, 0.2) is 11.6 Å². The zero-order chi connectivity index (χ0) is 14.0. The Hall–Kier alpha value is -0.810. The van der Waals surface area contributed by atoms with Gasteiger partial charge in [-0.05, 0) is 34.8 Å². The van der Waals surface area contributed by atoms with Gasteiger partial charge in [0.05, 0.1) is 14.2 Å². The zero-order valence-corrected chi connectivity index (χ0v) is 12.8. The average Bonchev–Trinajstić information content (AvgIpc) is 2.88. The monoisotopic (exact) mass is 331 g/mol. The van der Waals surface area contributed by atoms with Gasteiger partial charge in [-0.2, -0.15) is 0 Å². The smallest absolute Gasteiger partial charge is 0.172 e. The molecule has 0 unspecified atom stereocenters. The lowest BCUT2D eigenvalue weighted by Crippen LogP contribution is -2.32. The van der Waals surface area contributed by atoms with Crippen LogP contribution in [0.25, 0.3) is 0 Å². The standard InChI is InChI=1S/C14H19BrFNO2/c1-18-12-9(14(8-17)5-3-4-6-14)7-10(16)13(19-2)11(12)15/h7H,3-6,8,17H2,1-2H3. The second-order valence-corrected chi connectivity index (χ2v) is 5.77. The van der Waals surface area contributed by atoms with Crippen molar-refractivity contribution >= 4 is 15.9 Å². The van der Waals surface area contributed by atoms with Crippen LogP contribution in [0.5, 0.6) is 11.5 Å². The molecule has 19 heavy (non-hydrogen) atoms. The third-order valence-corrected chi connectivity index (χ3v) is 4.78. The highest BCUT2D eigenvalue weighted by atomic mass is 79.9. The van der Waals surface area contributed by atoms with Crippen LogP contribution < -0.4 is 15.2 Å². The van der Waals surface area contributed by atoms with E-state index in [1.54, 1.807) is 7.11 Å². The van der Waals surface area contributed by atoms with Crippen LogP contribution in [-0.4, -0.2) is 20.8 Å². The second-order valence-electron chi connectivity index (χ2n) is 4.98. The van der Waals surface area contributed by atoms with Gasteiger partial charge in [-0.1, -0.05) is 12.8 Å². The molecule has 1 aliphatic carbocycles. The van der Waals surface area contributed by atoms with Crippen LogP contribution >= 0.6 is 15.9 Å². The first kappa shape index (κ1) is 14.6. The number of nitrogens with two attached hydrogens (primary N) is 1. The molecule has 0 saturated heterocycles. The number of rotatable bonds is 4. The topological polar surface area (TPSA) is 44.5 Å². The first-order chi connectivity index (χ1) is 9.09. The van der Waals surface area contributed by atoms with Gasteiger partial charge >= 0.3 is 0 Å². The summed E-state index contributed by atoms with van der Waals surface area (Å²) < 4.78 is 25.2. The maximum Gasteiger partial charge on any atom is 0.172 e. The van der Waals surface area contributed by atoms with E-state index in [4.69, 9.17) is 15.2 Å². The normalized spacial score (nSPS) is 17.5. The fourth-order valence-electron chi connectivity index (χ4n) is 3.00. The molecule has 2 rings (SSSR count). The Labute approximate surface area is 121 Å². The van der Waals surface area contributed by atoms with Crippen LogP contribution in [0.1, 0.15) is 31.2 Å². The number of halogens is 2. The van der Waals surface area contributed by atoms with E-state index >= 15 is 0 Å². The highest BCUT2D eigenvalue weighted by Gasteiger charge is 2.38. The minimum absolute atomic E-state index is 0.172. The van der Waals surface area contributed by atoms with Crippen molar-refractivity contribution in [3.63, 3.8) is 0 Å². The maximum atomic E-state index is 14.1. The van der Waals surface area contributed by atoms with E-state index in [1.165, 1.54) is 13.2 Å². The van der Waals surface area contributed by atoms with Gasteiger partial charge in [0.2, 0.25) is 0 Å². The summed E-state index contributed by atoms with van der Waals surface area (Å²) in [6, 6.07) is 1.51. The first-order valence-electron chi connectivity index (χ1n) is 6.40. The molecule has 0 aromatic heterocycles. The van der Waals surface area contributed by atoms with Gasteiger partial charge < -0.3 is 15.2 Å². The van der Waals surface area contributed by atoms with Gasteiger partial charge in [-0.25, -0.2) is 4.39 Å². The molecule has 1 aromatic carbocycles. The highest BCUT2D eigenvalue weighted by Crippen LogP contribution is 2.49. The lowest BCUT2D eigenvalue weighted by atomic mass is 9.78. The summed E-state index contributed by atoms with van der Waals surface area (Å²) in [5.74, 6) is 0.418. The number of hydrogen-bond donors (Lipinski definition) is 1. The number of hydrogen-bond acceptors (Lipinski definition) is 3. The first-order valence-corrected chi connectivity index (χ1v) is 7.19. The summed E-state index contributed by atoms with van der Waals surface area (Å²) in [6.07, 6.45) is 4.17. The molecule has 1 fully saturated rings. The predicted octanol–water partition coefficient (Wildman–Crippen LogP) is 3.38. The van der Waals surface area contributed by atoms with Crippen LogP contribution in [0, 0.1) is 5.82 Å². The zero-order valence-electron chi connectivity index (χ0n) is 11.3. The van der Waals surface area contributed by atoms with Crippen LogP contribution in [0.4, 0.5) is 4.39 Å². The molecule has 2 N–H and O–H groups in total. The third kappa shape index (κ3) is 2.34. The van der Waals surface area contributed by atoms with Crippen LogP contribution in [0.2, 0.25) is 0 Å². The number of benzene rings is 1. The average molecular weight is 332 g/mol. The molecule has 0 heterocycles. The summed E-state index contributed by atoms with van der Waals surface area (Å²) in [7, 11) is 3.02. The molecule has 1 aromatic rings. The Kier molecular flexibility index (Phi) is 4.36. The van der Waals surface area contributed by atoms with Gasteiger partial charge in [0, 0.05) is 17.5 Å². The lowest BCUT2D eigenvalue weighted by molar-refractivity contribution is 0.351. The largest absolute Gasteiger partial charge is 0.495 e. The van der Waals surface area contributed by atoms with E-state index in [1.807, 2.05) is 0 Å². The second kappa shape index (κ2) is 5.67. The van der Waals surface area contributed by atoms with Crippen LogP contribution in [0.15, 0.2) is 10.5 Å². The van der Waals surface area contributed by atoms with Crippen molar-refractivity contribution in [1.82, 2.24) is 0 Å². The number of methoxy groups -OCH3 is 2. The molecule has 0 bridgehead atoms. The van der Waals surface area contributed by atoms with Crippen molar-refractivity contribution in [2.75, 3.05) is 20.8 Å². The van der Waals surface area contributed by atoms with E-state index in [9.17, 15) is 4.39 Å². The van der Waals surface area contributed by atoms with Gasteiger partial charge in [0.1, 0.15) is 10.2 Å². The molecule has 1 saturated carbocycles. The van der Waals surface area contributed by atoms with Crippen molar-refractivity contribution in [1.29, 1.82) is 0 Å². The molecule has 0 radical (unpaired) electrons. The molecule has 0 atom stereocenters. The van der Waals surface area contributed by atoms with E-state index in [0.29, 0.717) is 16.8 Å². The molecule has 0 spiro atoms. The van der Waals surface area contributed by atoms with Gasteiger partial charge in [0.25, 0.3) is 0 Å². The fourth-order valence-corrected chi connectivity index (χ4v) is 3.73. The summed E-state index contributed by atoms with van der Waals surface area (Å²) in [5, 5.41) is 0. The molecular weight excluding hydrogens is 313 g/mol. The highest BCUT2D eigenvalue weighted by molar-refractivity contribution is 9.10. The van der Waals surface area contributed by atoms with E-state index in [0.717, 1.165) is 31.2 Å². The Morgan fingerprint density at radius 1 is 1.26 bits per heavy atom. The quantitative estimate of drug-likeness (QED) is 0.919. The summed E-state index contributed by atoms with van der Waals surface area (Å²) >= 11 is 3.37. The van der Waals surface area contributed by atoms with Crippen molar-refractivity contribution in [3.8, 4) is 11.5 Å². The van der Waals surface area contributed by atoms with Crippen LogP contribution in [-0.2, 0) is 5.41 Å². The SMILES string of the molecule is COc1c(F)cc(C2(CN)CCCC2)c(OC)c1Br. The van der Waals surface area contributed by atoms with Gasteiger partial charge in [-0.3, -0.25) is 0 Å². The Bertz CT molecular complexity index is 473. The maximum absolute atomic E-state index is 14.1. The van der Waals surface area contributed by atoms with Crippen molar-refractivity contribution in [2.24, 2.45) is 5.73 Å². The van der Waals surface area contributed by atoms with E-state index < -0.39 is 0 Å². The van der Waals surface area contributed by atoms with Crippen molar-refractivity contribution < 1.29 is 13.9 Å². The lowest BCUT2D eigenvalue weighted by Gasteiger charge is -2.30. The molecule has 0 aliphatic heterocycles. The fraction of sp³-hybridized carbons (Fsp3) is 0.571. The van der Waals surface area contributed by atoms with E-state index in [-0.39, 0.29) is 17.0 Å². The molecule has 3 nitrogen and oxygen atoms in total. The van der Waals surface area contributed by atoms with Crippen LogP contribution in [0.3, 0.4) is 0 Å². The Morgan fingerprint density at radius 3 is 2.32 bits per heavy atom. The number of ether oxygens (including phenoxy) is 2. The molecule has 1 aliphatic rings. The minimum Gasteiger partial charge on any atom is -0.495 e. The third-order valence-electron chi connectivity index (χ3n) is 4.06. The molecule has 0 amide bonds. The predicted molar refractivity (Wildman–Crippen MR) is 76.4 cm³/mol. The minimum atomic E-state index is -0.384. The molecule has 5 heteroatoms. The van der Waals surface area contributed by atoms with Crippen molar-refractivity contribution in [3.05, 3.63) is 21.9 Å². The summed E-state index contributed by atoms with van der Waals surface area (Å²) in [4.78, 5) is 0. The Balaban J connectivity index is 2.62. The molecule has 106 valence electrons.